The number of hydrogen-bond donors (Lipinski definition) is 3. The summed E-state index contributed by atoms with van der Waals surface area (Å²) in [6.07, 6.45) is 0.634. The fourth-order valence-corrected chi connectivity index (χ4v) is 1.29. The van der Waals surface area contributed by atoms with Crippen LogP contribution in [0, 0.1) is 5.82 Å². The van der Waals surface area contributed by atoms with E-state index in [9.17, 15) is 14.6 Å². The molecule has 1 rings (SSSR count). The van der Waals surface area contributed by atoms with E-state index in [0.29, 0.717) is 25.1 Å². The predicted molar refractivity (Wildman–Crippen MR) is 60.7 cm³/mol. The van der Waals surface area contributed by atoms with Gasteiger partial charge in [0.05, 0.1) is 5.60 Å². The van der Waals surface area contributed by atoms with Gasteiger partial charge in [-0.3, -0.25) is 0 Å². The normalized spacial score (nSPS) is 14.8. The number of nitrogens with one attached hydrogen (secondary N) is 1. The highest BCUT2D eigenvalue weighted by atomic mass is 19.1. The van der Waals surface area contributed by atoms with Crippen LogP contribution in [0.15, 0.2) is 18.2 Å². The number of phenolic OH excluding ortho intramolecular Hbond substituents is 1. The Morgan fingerprint density at radius 2 is 2.12 bits per heavy atom. The third kappa shape index (κ3) is 3.79. The van der Waals surface area contributed by atoms with Crippen molar-refractivity contribution in [1.29, 1.82) is 0 Å². The molecule has 0 radical (unpaired) electrons. The van der Waals surface area contributed by atoms with Gasteiger partial charge in [-0.1, -0.05) is 6.92 Å². The zero-order chi connectivity index (χ0) is 12.2. The standard InChI is InChI=1S/C12H18FNO2/c1-3-12(2,16)8-14-7-9-6-10(13)4-5-11(9)15/h4-6,14-16H,3,7-8H2,1-2H3. The number of halogens is 1. The van der Waals surface area contributed by atoms with Gasteiger partial charge in [0.2, 0.25) is 0 Å². The summed E-state index contributed by atoms with van der Waals surface area (Å²) in [6, 6.07) is 3.81. The van der Waals surface area contributed by atoms with Crippen molar-refractivity contribution < 1.29 is 14.6 Å². The highest BCUT2D eigenvalue weighted by Gasteiger charge is 2.16. The molecule has 0 aromatic heterocycles. The molecule has 1 aromatic rings. The molecule has 1 aromatic carbocycles. The number of phenols is 1. The van der Waals surface area contributed by atoms with Crippen molar-refractivity contribution in [1.82, 2.24) is 5.32 Å². The summed E-state index contributed by atoms with van der Waals surface area (Å²) in [5.41, 5.74) is -0.282. The fourth-order valence-electron chi connectivity index (χ4n) is 1.29. The maximum absolute atomic E-state index is 12.9. The van der Waals surface area contributed by atoms with Crippen molar-refractivity contribution in [3.63, 3.8) is 0 Å². The first kappa shape index (κ1) is 12.9. The number of hydrogen-bond acceptors (Lipinski definition) is 3. The minimum Gasteiger partial charge on any atom is -0.508 e. The van der Waals surface area contributed by atoms with Crippen LogP contribution in [-0.4, -0.2) is 22.4 Å². The monoisotopic (exact) mass is 227 g/mol. The van der Waals surface area contributed by atoms with Gasteiger partial charge >= 0.3 is 0 Å². The van der Waals surface area contributed by atoms with Gasteiger partial charge < -0.3 is 15.5 Å². The Bertz CT molecular complexity index is 353. The summed E-state index contributed by atoms with van der Waals surface area (Å²) in [6.45, 7) is 4.35. The summed E-state index contributed by atoms with van der Waals surface area (Å²) < 4.78 is 12.9. The second-order valence-electron chi connectivity index (χ2n) is 4.23. The first-order valence-corrected chi connectivity index (χ1v) is 5.35. The van der Waals surface area contributed by atoms with E-state index in [1.165, 1.54) is 18.2 Å². The highest BCUT2D eigenvalue weighted by molar-refractivity contribution is 5.32. The maximum Gasteiger partial charge on any atom is 0.123 e. The van der Waals surface area contributed by atoms with Crippen molar-refractivity contribution >= 4 is 0 Å². The van der Waals surface area contributed by atoms with E-state index < -0.39 is 5.60 Å². The third-order valence-electron chi connectivity index (χ3n) is 2.62. The van der Waals surface area contributed by atoms with E-state index >= 15 is 0 Å². The lowest BCUT2D eigenvalue weighted by Gasteiger charge is -2.21. The zero-order valence-electron chi connectivity index (χ0n) is 9.63. The minimum absolute atomic E-state index is 0.0602. The molecule has 0 heterocycles. The first-order chi connectivity index (χ1) is 7.44. The summed E-state index contributed by atoms with van der Waals surface area (Å²) >= 11 is 0. The molecule has 3 nitrogen and oxygen atoms in total. The molecule has 0 spiro atoms. The smallest absolute Gasteiger partial charge is 0.123 e. The van der Waals surface area contributed by atoms with E-state index in [1.54, 1.807) is 6.92 Å². The second kappa shape index (κ2) is 5.27. The average Bonchev–Trinajstić information content (AvgIpc) is 2.23. The van der Waals surface area contributed by atoms with Crippen molar-refractivity contribution in [2.24, 2.45) is 0 Å². The van der Waals surface area contributed by atoms with Crippen LogP contribution in [0.3, 0.4) is 0 Å². The van der Waals surface area contributed by atoms with E-state index in [-0.39, 0.29) is 11.6 Å². The van der Waals surface area contributed by atoms with Gasteiger partial charge in [0, 0.05) is 18.7 Å². The van der Waals surface area contributed by atoms with Crippen LogP contribution in [0.5, 0.6) is 5.75 Å². The lowest BCUT2D eigenvalue weighted by molar-refractivity contribution is 0.0555. The Morgan fingerprint density at radius 1 is 1.44 bits per heavy atom. The number of benzene rings is 1. The van der Waals surface area contributed by atoms with Crippen molar-refractivity contribution in [2.45, 2.75) is 32.4 Å². The van der Waals surface area contributed by atoms with Gasteiger partial charge in [-0.15, -0.1) is 0 Å². The molecule has 1 unspecified atom stereocenters. The molecule has 0 aliphatic rings. The zero-order valence-corrected chi connectivity index (χ0v) is 9.63. The largest absolute Gasteiger partial charge is 0.508 e. The number of aliphatic hydroxyl groups is 1. The lowest BCUT2D eigenvalue weighted by atomic mass is 10.0. The van der Waals surface area contributed by atoms with Crippen LogP contribution in [0.4, 0.5) is 4.39 Å². The van der Waals surface area contributed by atoms with Gasteiger partial charge in [-0.05, 0) is 31.5 Å². The molecular formula is C12H18FNO2. The molecule has 90 valence electrons. The summed E-state index contributed by atoms with van der Waals surface area (Å²) in [7, 11) is 0. The molecule has 4 heteroatoms. The lowest BCUT2D eigenvalue weighted by Crippen LogP contribution is -2.36. The van der Waals surface area contributed by atoms with E-state index in [0.717, 1.165) is 0 Å². The Hall–Kier alpha value is -1.13. The molecule has 0 saturated heterocycles. The Morgan fingerprint density at radius 3 is 2.75 bits per heavy atom. The quantitative estimate of drug-likeness (QED) is 0.718. The maximum atomic E-state index is 12.9. The predicted octanol–water partition coefficient (Wildman–Crippen LogP) is 1.78. The summed E-state index contributed by atoms with van der Waals surface area (Å²) in [5.74, 6) is -0.318. The van der Waals surface area contributed by atoms with Gasteiger partial charge in [0.1, 0.15) is 11.6 Å². The second-order valence-corrected chi connectivity index (χ2v) is 4.23. The SMILES string of the molecule is CCC(C)(O)CNCc1cc(F)ccc1O. The molecule has 1 atom stereocenters. The van der Waals surface area contributed by atoms with Crippen LogP contribution >= 0.6 is 0 Å². The fraction of sp³-hybridized carbons (Fsp3) is 0.500. The highest BCUT2D eigenvalue weighted by Crippen LogP contribution is 2.17. The first-order valence-electron chi connectivity index (χ1n) is 5.35. The molecule has 16 heavy (non-hydrogen) atoms. The third-order valence-corrected chi connectivity index (χ3v) is 2.62. The summed E-state index contributed by atoms with van der Waals surface area (Å²) in [5, 5.41) is 22.2. The molecule has 0 saturated carbocycles. The molecule has 0 aliphatic heterocycles. The Kier molecular flexibility index (Phi) is 4.26. The van der Waals surface area contributed by atoms with Gasteiger partial charge in [-0.25, -0.2) is 4.39 Å². The molecule has 0 fully saturated rings. The van der Waals surface area contributed by atoms with Gasteiger partial charge in [-0.2, -0.15) is 0 Å². The van der Waals surface area contributed by atoms with Crippen LogP contribution in [0.25, 0.3) is 0 Å². The number of aromatic hydroxyl groups is 1. The van der Waals surface area contributed by atoms with Crippen molar-refractivity contribution in [3.05, 3.63) is 29.6 Å². The summed E-state index contributed by atoms with van der Waals surface area (Å²) in [4.78, 5) is 0. The molecule has 0 aliphatic carbocycles. The van der Waals surface area contributed by atoms with Crippen molar-refractivity contribution in [2.75, 3.05) is 6.54 Å². The van der Waals surface area contributed by atoms with E-state index in [2.05, 4.69) is 5.32 Å². The van der Waals surface area contributed by atoms with Crippen LogP contribution in [0.1, 0.15) is 25.8 Å². The van der Waals surface area contributed by atoms with E-state index in [1.807, 2.05) is 6.92 Å². The van der Waals surface area contributed by atoms with Crippen LogP contribution in [0.2, 0.25) is 0 Å². The molecule has 0 amide bonds. The number of rotatable bonds is 5. The Labute approximate surface area is 94.9 Å². The topological polar surface area (TPSA) is 52.5 Å². The molecule has 3 N–H and O–H groups in total. The average molecular weight is 227 g/mol. The minimum atomic E-state index is -0.775. The van der Waals surface area contributed by atoms with Crippen molar-refractivity contribution in [3.8, 4) is 5.75 Å². The molecule has 0 bridgehead atoms. The van der Waals surface area contributed by atoms with Crippen LogP contribution in [-0.2, 0) is 6.54 Å². The van der Waals surface area contributed by atoms with Crippen LogP contribution < -0.4 is 5.32 Å². The van der Waals surface area contributed by atoms with Gasteiger partial charge in [0.15, 0.2) is 0 Å². The van der Waals surface area contributed by atoms with E-state index in [4.69, 9.17) is 0 Å². The Balaban J connectivity index is 2.52. The molecular weight excluding hydrogens is 209 g/mol. The van der Waals surface area contributed by atoms with Gasteiger partial charge in [0.25, 0.3) is 0 Å².